The number of rotatable bonds is 7. The summed E-state index contributed by atoms with van der Waals surface area (Å²) in [5.41, 5.74) is 1.03. The SMILES string of the molecule is CC(c1cccs1)N(Cc1ccccc1)C(=O)NCCC(=O)O. The van der Waals surface area contributed by atoms with E-state index in [0.29, 0.717) is 6.54 Å². The predicted octanol–water partition coefficient (Wildman–Crippen LogP) is 3.50. The summed E-state index contributed by atoms with van der Waals surface area (Å²) in [6, 6.07) is 13.4. The highest BCUT2D eigenvalue weighted by Crippen LogP contribution is 2.26. The van der Waals surface area contributed by atoms with Gasteiger partial charge in [0.05, 0.1) is 12.5 Å². The van der Waals surface area contributed by atoms with Crippen molar-refractivity contribution >= 4 is 23.3 Å². The molecule has 1 heterocycles. The van der Waals surface area contributed by atoms with E-state index in [-0.39, 0.29) is 25.0 Å². The number of hydrogen-bond donors (Lipinski definition) is 2. The normalized spacial score (nSPS) is 11.7. The first-order valence-electron chi connectivity index (χ1n) is 7.41. The van der Waals surface area contributed by atoms with Gasteiger partial charge in [-0.3, -0.25) is 4.79 Å². The Morgan fingerprint density at radius 2 is 1.96 bits per heavy atom. The Morgan fingerprint density at radius 3 is 2.57 bits per heavy atom. The number of carbonyl (C=O) groups excluding carboxylic acids is 1. The van der Waals surface area contributed by atoms with Gasteiger partial charge in [0.25, 0.3) is 0 Å². The number of carboxylic acid groups (broad SMARTS) is 1. The third-order valence-corrected chi connectivity index (χ3v) is 4.54. The molecule has 1 aromatic heterocycles. The lowest BCUT2D eigenvalue weighted by atomic mass is 10.1. The van der Waals surface area contributed by atoms with Crippen LogP contribution < -0.4 is 5.32 Å². The molecule has 5 nitrogen and oxygen atoms in total. The molecule has 0 aliphatic carbocycles. The minimum atomic E-state index is -0.925. The van der Waals surface area contributed by atoms with E-state index >= 15 is 0 Å². The molecular formula is C17H20N2O3S. The van der Waals surface area contributed by atoms with Crippen molar-refractivity contribution in [2.24, 2.45) is 0 Å². The van der Waals surface area contributed by atoms with Crippen LogP contribution in [0, 0.1) is 0 Å². The standard InChI is InChI=1S/C17H20N2O3S/c1-13(15-8-5-11-23-15)19(12-14-6-3-2-4-7-14)17(22)18-10-9-16(20)21/h2-8,11,13H,9-10,12H2,1H3,(H,18,22)(H,20,21). The second-order valence-electron chi connectivity index (χ2n) is 5.18. The molecule has 0 aliphatic rings. The van der Waals surface area contributed by atoms with Crippen molar-refractivity contribution < 1.29 is 14.7 Å². The minimum Gasteiger partial charge on any atom is -0.481 e. The van der Waals surface area contributed by atoms with Gasteiger partial charge in [-0.1, -0.05) is 36.4 Å². The quantitative estimate of drug-likeness (QED) is 0.815. The largest absolute Gasteiger partial charge is 0.481 e. The van der Waals surface area contributed by atoms with Crippen LogP contribution in [0.15, 0.2) is 47.8 Å². The number of carbonyl (C=O) groups is 2. The van der Waals surface area contributed by atoms with Crippen LogP contribution in [-0.4, -0.2) is 28.6 Å². The number of carboxylic acids is 1. The Bertz CT molecular complexity index is 629. The average molecular weight is 332 g/mol. The Hall–Kier alpha value is -2.34. The zero-order valence-corrected chi connectivity index (χ0v) is 13.8. The lowest BCUT2D eigenvalue weighted by molar-refractivity contribution is -0.136. The van der Waals surface area contributed by atoms with Gasteiger partial charge in [-0.25, -0.2) is 4.79 Å². The summed E-state index contributed by atoms with van der Waals surface area (Å²) in [6.45, 7) is 2.57. The monoisotopic (exact) mass is 332 g/mol. The molecule has 2 rings (SSSR count). The van der Waals surface area contributed by atoms with Gasteiger partial charge < -0.3 is 15.3 Å². The number of nitrogens with one attached hydrogen (secondary N) is 1. The van der Waals surface area contributed by atoms with Gasteiger partial charge in [0.1, 0.15) is 0 Å². The van der Waals surface area contributed by atoms with E-state index in [1.807, 2.05) is 54.8 Å². The summed E-state index contributed by atoms with van der Waals surface area (Å²) in [7, 11) is 0. The molecule has 122 valence electrons. The van der Waals surface area contributed by atoms with Crippen LogP contribution in [-0.2, 0) is 11.3 Å². The number of aliphatic carboxylic acids is 1. The van der Waals surface area contributed by atoms with Crippen molar-refractivity contribution in [3.05, 3.63) is 58.3 Å². The fourth-order valence-electron chi connectivity index (χ4n) is 2.23. The molecule has 2 amide bonds. The second-order valence-corrected chi connectivity index (χ2v) is 6.16. The Morgan fingerprint density at radius 1 is 1.22 bits per heavy atom. The maximum absolute atomic E-state index is 12.5. The lowest BCUT2D eigenvalue weighted by Gasteiger charge is -2.29. The van der Waals surface area contributed by atoms with Crippen LogP contribution in [0.3, 0.4) is 0 Å². The molecule has 6 heteroatoms. The highest BCUT2D eigenvalue weighted by atomic mass is 32.1. The van der Waals surface area contributed by atoms with Crippen molar-refractivity contribution in [2.45, 2.75) is 25.9 Å². The third kappa shape index (κ3) is 5.10. The molecule has 0 saturated heterocycles. The summed E-state index contributed by atoms with van der Waals surface area (Å²) in [6.07, 6.45) is -0.0850. The van der Waals surface area contributed by atoms with Crippen LogP contribution in [0.1, 0.15) is 29.8 Å². The molecule has 0 saturated carbocycles. The van der Waals surface area contributed by atoms with Gasteiger partial charge in [0.15, 0.2) is 0 Å². The van der Waals surface area contributed by atoms with Gasteiger partial charge >= 0.3 is 12.0 Å². The number of benzene rings is 1. The molecule has 0 radical (unpaired) electrons. The molecular weight excluding hydrogens is 312 g/mol. The Balaban J connectivity index is 2.10. The summed E-state index contributed by atoms with van der Waals surface area (Å²) in [5, 5.41) is 13.4. The minimum absolute atomic E-state index is 0.0833. The molecule has 0 aliphatic heterocycles. The van der Waals surface area contributed by atoms with E-state index < -0.39 is 5.97 Å². The molecule has 0 spiro atoms. The van der Waals surface area contributed by atoms with Gasteiger partial charge in [-0.2, -0.15) is 0 Å². The second kappa shape index (κ2) is 8.33. The first kappa shape index (κ1) is 17.0. The van der Waals surface area contributed by atoms with Crippen molar-refractivity contribution in [3.8, 4) is 0 Å². The number of thiophene rings is 1. The molecule has 1 aromatic carbocycles. The first-order chi connectivity index (χ1) is 11.1. The van der Waals surface area contributed by atoms with E-state index in [0.717, 1.165) is 10.4 Å². The van der Waals surface area contributed by atoms with Crippen LogP contribution in [0.2, 0.25) is 0 Å². The average Bonchev–Trinajstić information content (AvgIpc) is 3.07. The molecule has 23 heavy (non-hydrogen) atoms. The smallest absolute Gasteiger partial charge is 0.318 e. The van der Waals surface area contributed by atoms with Gasteiger partial charge in [-0.05, 0) is 23.9 Å². The summed E-state index contributed by atoms with van der Waals surface area (Å²) in [4.78, 5) is 25.9. The van der Waals surface area contributed by atoms with E-state index in [9.17, 15) is 9.59 Å². The Kier molecular flexibility index (Phi) is 6.17. The molecule has 2 N–H and O–H groups in total. The Labute approximate surface area is 139 Å². The van der Waals surface area contributed by atoms with Crippen LogP contribution in [0.4, 0.5) is 4.79 Å². The van der Waals surface area contributed by atoms with Crippen molar-refractivity contribution in [1.29, 1.82) is 0 Å². The lowest BCUT2D eigenvalue weighted by Crippen LogP contribution is -2.41. The van der Waals surface area contributed by atoms with Crippen LogP contribution in [0.5, 0.6) is 0 Å². The van der Waals surface area contributed by atoms with Crippen LogP contribution >= 0.6 is 11.3 Å². The fraction of sp³-hybridized carbons (Fsp3) is 0.294. The topological polar surface area (TPSA) is 69.6 Å². The number of amides is 2. The van der Waals surface area contributed by atoms with E-state index in [4.69, 9.17) is 5.11 Å². The third-order valence-electron chi connectivity index (χ3n) is 3.49. The highest BCUT2D eigenvalue weighted by molar-refractivity contribution is 7.10. The van der Waals surface area contributed by atoms with E-state index in [1.165, 1.54) is 0 Å². The van der Waals surface area contributed by atoms with Gasteiger partial charge in [-0.15, -0.1) is 11.3 Å². The van der Waals surface area contributed by atoms with Crippen molar-refractivity contribution in [3.63, 3.8) is 0 Å². The van der Waals surface area contributed by atoms with E-state index in [1.54, 1.807) is 16.2 Å². The molecule has 2 aromatic rings. The summed E-state index contributed by atoms with van der Waals surface area (Å²) in [5.74, 6) is -0.925. The molecule has 0 fully saturated rings. The first-order valence-corrected chi connectivity index (χ1v) is 8.29. The summed E-state index contributed by atoms with van der Waals surface area (Å²) < 4.78 is 0. The number of hydrogen-bond acceptors (Lipinski definition) is 3. The maximum atomic E-state index is 12.5. The van der Waals surface area contributed by atoms with Gasteiger partial charge in [0.2, 0.25) is 0 Å². The van der Waals surface area contributed by atoms with Crippen molar-refractivity contribution in [1.82, 2.24) is 10.2 Å². The highest BCUT2D eigenvalue weighted by Gasteiger charge is 2.22. The predicted molar refractivity (Wildman–Crippen MR) is 90.4 cm³/mol. The zero-order chi connectivity index (χ0) is 16.7. The fourth-order valence-corrected chi connectivity index (χ4v) is 3.02. The zero-order valence-electron chi connectivity index (χ0n) is 12.9. The van der Waals surface area contributed by atoms with Crippen LogP contribution in [0.25, 0.3) is 0 Å². The van der Waals surface area contributed by atoms with Gasteiger partial charge in [0, 0.05) is 18.0 Å². The molecule has 1 atom stereocenters. The molecule has 0 bridgehead atoms. The number of nitrogens with zero attached hydrogens (tertiary/aromatic N) is 1. The summed E-state index contributed by atoms with van der Waals surface area (Å²) >= 11 is 1.60. The maximum Gasteiger partial charge on any atom is 0.318 e. The van der Waals surface area contributed by atoms with Crippen molar-refractivity contribution in [2.75, 3.05) is 6.54 Å². The number of urea groups is 1. The van der Waals surface area contributed by atoms with E-state index in [2.05, 4.69) is 5.32 Å². The molecule has 1 unspecified atom stereocenters.